The molecule has 0 bridgehead atoms. The minimum Gasteiger partial charge on any atom is -0.381 e. The quantitative estimate of drug-likeness (QED) is 0.812. The highest BCUT2D eigenvalue weighted by Crippen LogP contribution is 2.43. The van der Waals surface area contributed by atoms with Crippen LogP contribution in [0.4, 0.5) is 0 Å². The number of fused-ring (bicyclic) bond motifs is 1. The predicted octanol–water partition coefficient (Wildman–Crippen LogP) is 1.44. The van der Waals surface area contributed by atoms with E-state index in [4.69, 9.17) is 10.5 Å². The Balaban J connectivity index is 1.41. The summed E-state index contributed by atoms with van der Waals surface area (Å²) in [5, 5.41) is 3.25. The molecule has 0 spiro atoms. The standard InChI is InChI=1S/C15H26N2O2/c16-13-6-11-8-14(9-12(11)7-13)17-15(18)5-10-1-3-19-4-2-10/h10-14H,1-9,16H2,(H,17,18). The van der Waals surface area contributed by atoms with Crippen molar-refractivity contribution in [2.24, 2.45) is 23.5 Å². The average molecular weight is 266 g/mol. The zero-order chi connectivity index (χ0) is 13.2. The molecule has 2 saturated carbocycles. The van der Waals surface area contributed by atoms with Crippen molar-refractivity contribution < 1.29 is 9.53 Å². The third-order valence-corrected chi connectivity index (χ3v) is 5.23. The number of carbonyl (C=O) groups is 1. The highest BCUT2D eigenvalue weighted by atomic mass is 16.5. The second kappa shape index (κ2) is 5.80. The van der Waals surface area contributed by atoms with Crippen molar-refractivity contribution in [3.63, 3.8) is 0 Å². The third-order valence-electron chi connectivity index (χ3n) is 5.23. The number of hydrogen-bond acceptors (Lipinski definition) is 3. The maximum atomic E-state index is 12.1. The lowest BCUT2D eigenvalue weighted by atomic mass is 9.96. The molecule has 2 unspecified atom stereocenters. The minimum absolute atomic E-state index is 0.251. The van der Waals surface area contributed by atoms with Crippen LogP contribution in [0.1, 0.15) is 44.9 Å². The van der Waals surface area contributed by atoms with E-state index < -0.39 is 0 Å². The fourth-order valence-electron chi connectivity index (χ4n) is 4.28. The molecular formula is C15H26N2O2. The number of ether oxygens (including phenoxy) is 1. The van der Waals surface area contributed by atoms with E-state index in [1.165, 1.54) is 0 Å². The Labute approximate surface area is 115 Å². The summed E-state index contributed by atoms with van der Waals surface area (Å²) in [4.78, 5) is 12.1. The van der Waals surface area contributed by atoms with E-state index >= 15 is 0 Å². The SMILES string of the molecule is NC1CC2CC(NC(=O)CC3CCOCC3)CC2C1. The lowest BCUT2D eigenvalue weighted by Gasteiger charge is -2.22. The molecule has 3 rings (SSSR count). The van der Waals surface area contributed by atoms with Gasteiger partial charge in [0.25, 0.3) is 0 Å². The molecule has 3 N–H and O–H groups in total. The van der Waals surface area contributed by atoms with Crippen molar-refractivity contribution in [2.75, 3.05) is 13.2 Å². The fraction of sp³-hybridized carbons (Fsp3) is 0.933. The monoisotopic (exact) mass is 266 g/mol. The molecule has 0 aromatic carbocycles. The largest absolute Gasteiger partial charge is 0.381 e. The molecule has 0 radical (unpaired) electrons. The Bertz CT molecular complexity index is 314. The van der Waals surface area contributed by atoms with Gasteiger partial charge in [0.1, 0.15) is 0 Å². The first-order valence-corrected chi connectivity index (χ1v) is 7.83. The summed E-state index contributed by atoms with van der Waals surface area (Å²) in [5.41, 5.74) is 6.00. The van der Waals surface area contributed by atoms with Gasteiger partial charge < -0.3 is 15.8 Å². The van der Waals surface area contributed by atoms with Crippen LogP contribution >= 0.6 is 0 Å². The molecule has 2 aliphatic carbocycles. The van der Waals surface area contributed by atoms with Gasteiger partial charge in [0.05, 0.1) is 0 Å². The van der Waals surface area contributed by atoms with E-state index in [1.54, 1.807) is 0 Å². The van der Waals surface area contributed by atoms with Crippen LogP contribution < -0.4 is 11.1 Å². The van der Waals surface area contributed by atoms with E-state index in [0.29, 0.717) is 24.4 Å². The topological polar surface area (TPSA) is 64.3 Å². The summed E-state index contributed by atoms with van der Waals surface area (Å²) in [6.07, 6.45) is 7.40. The number of nitrogens with one attached hydrogen (secondary N) is 1. The van der Waals surface area contributed by atoms with Crippen LogP contribution in [-0.4, -0.2) is 31.2 Å². The molecule has 1 amide bonds. The summed E-state index contributed by atoms with van der Waals surface area (Å²) in [6, 6.07) is 0.823. The zero-order valence-electron chi connectivity index (χ0n) is 11.6. The smallest absolute Gasteiger partial charge is 0.220 e. The summed E-state index contributed by atoms with van der Waals surface area (Å²) >= 11 is 0. The van der Waals surface area contributed by atoms with E-state index in [-0.39, 0.29) is 5.91 Å². The molecule has 0 aromatic rings. The lowest BCUT2D eigenvalue weighted by Crippen LogP contribution is -2.35. The molecule has 0 aromatic heterocycles. The Morgan fingerprint density at radius 3 is 2.37 bits per heavy atom. The van der Waals surface area contributed by atoms with E-state index in [9.17, 15) is 4.79 Å². The summed E-state index contributed by atoms with van der Waals surface area (Å²) in [7, 11) is 0. The van der Waals surface area contributed by atoms with Gasteiger partial charge in [-0.3, -0.25) is 4.79 Å². The van der Waals surface area contributed by atoms with E-state index in [1.807, 2.05) is 0 Å². The van der Waals surface area contributed by atoms with Crippen molar-refractivity contribution in [3.8, 4) is 0 Å². The van der Waals surface area contributed by atoms with Gasteiger partial charge >= 0.3 is 0 Å². The summed E-state index contributed by atoms with van der Waals surface area (Å²) < 4.78 is 5.33. The molecule has 108 valence electrons. The van der Waals surface area contributed by atoms with Gasteiger partial charge in [-0.25, -0.2) is 0 Å². The average Bonchev–Trinajstić information content (AvgIpc) is 2.86. The van der Waals surface area contributed by atoms with Gasteiger partial charge in [0, 0.05) is 31.7 Å². The second-order valence-corrected chi connectivity index (χ2v) is 6.75. The highest BCUT2D eigenvalue weighted by Gasteiger charge is 2.40. The third kappa shape index (κ3) is 3.29. The van der Waals surface area contributed by atoms with Gasteiger partial charge in [-0.1, -0.05) is 0 Å². The van der Waals surface area contributed by atoms with Crippen LogP contribution in [0.15, 0.2) is 0 Å². The van der Waals surface area contributed by atoms with Crippen LogP contribution in [0.25, 0.3) is 0 Å². The Morgan fingerprint density at radius 2 is 1.74 bits per heavy atom. The molecule has 3 aliphatic rings. The molecule has 19 heavy (non-hydrogen) atoms. The van der Waals surface area contributed by atoms with Crippen molar-refractivity contribution in [3.05, 3.63) is 0 Å². The Hall–Kier alpha value is -0.610. The first-order chi connectivity index (χ1) is 9.20. The lowest BCUT2D eigenvalue weighted by molar-refractivity contribution is -0.123. The van der Waals surface area contributed by atoms with E-state index in [0.717, 1.165) is 63.6 Å². The molecule has 1 heterocycles. The Kier molecular flexibility index (Phi) is 4.08. The molecular weight excluding hydrogens is 240 g/mol. The van der Waals surface area contributed by atoms with Gasteiger partial charge in [-0.15, -0.1) is 0 Å². The van der Waals surface area contributed by atoms with Crippen LogP contribution in [-0.2, 0) is 9.53 Å². The number of nitrogens with two attached hydrogens (primary N) is 1. The second-order valence-electron chi connectivity index (χ2n) is 6.75. The number of amides is 1. The zero-order valence-corrected chi connectivity index (χ0v) is 11.6. The number of hydrogen-bond donors (Lipinski definition) is 2. The van der Waals surface area contributed by atoms with Gasteiger partial charge in [0.2, 0.25) is 5.91 Å². The van der Waals surface area contributed by atoms with Crippen LogP contribution in [0.3, 0.4) is 0 Å². The number of rotatable bonds is 3. The molecule has 3 fully saturated rings. The normalized spacial score (nSPS) is 39.2. The maximum absolute atomic E-state index is 12.1. The van der Waals surface area contributed by atoms with Crippen LogP contribution in [0.2, 0.25) is 0 Å². The maximum Gasteiger partial charge on any atom is 0.220 e. The molecule has 4 heteroatoms. The Morgan fingerprint density at radius 1 is 1.11 bits per heavy atom. The first kappa shape index (κ1) is 13.4. The summed E-state index contributed by atoms with van der Waals surface area (Å²) in [6.45, 7) is 1.65. The molecule has 4 nitrogen and oxygen atoms in total. The van der Waals surface area contributed by atoms with Crippen LogP contribution in [0, 0.1) is 17.8 Å². The van der Waals surface area contributed by atoms with Crippen molar-refractivity contribution >= 4 is 5.91 Å². The van der Waals surface area contributed by atoms with Gasteiger partial charge in [-0.05, 0) is 56.3 Å². The number of carbonyl (C=O) groups excluding carboxylic acids is 1. The molecule has 2 atom stereocenters. The van der Waals surface area contributed by atoms with Crippen molar-refractivity contribution in [1.29, 1.82) is 0 Å². The van der Waals surface area contributed by atoms with Gasteiger partial charge in [-0.2, -0.15) is 0 Å². The molecule has 1 aliphatic heterocycles. The van der Waals surface area contributed by atoms with Crippen molar-refractivity contribution in [2.45, 2.75) is 57.0 Å². The van der Waals surface area contributed by atoms with E-state index in [2.05, 4.69) is 5.32 Å². The fourth-order valence-corrected chi connectivity index (χ4v) is 4.28. The highest BCUT2D eigenvalue weighted by molar-refractivity contribution is 5.76. The van der Waals surface area contributed by atoms with Crippen molar-refractivity contribution in [1.82, 2.24) is 5.32 Å². The summed E-state index contributed by atoms with van der Waals surface area (Å²) in [5.74, 6) is 2.32. The van der Waals surface area contributed by atoms with Crippen LogP contribution in [0.5, 0.6) is 0 Å². The van der Waals surface area contributed by atoms with Gasteiger partial charge in [0.15, 0.2) is 0 Å². The molecule has 1 saturated heterocycles. The minimum atomic E-state index is 0.251. The predicted molar refractivity (Wildman–Crippen MR) is 73.5 cm³/mol. The first-order valence-electron chi connectivity index (χ1n) is 7.83.